The third-order valence-electron chi connectivity index (χ3n) is 6.06. The molecule has 2 heterocycles. The molecule has 0 unspecified atom stereocenters. The molecule has 1 aromatic carbocycles. The van der Waals surface area contributed by atoms with Crippen molar-refractivity contribution in [2.45, 2.75) is 52.4 Å². The Labute approximate surface area is 209 Å². The molecule has 1 amide bonds. The summed E-state index contributed by atoms with van der Waals surface area (Å²) in [5.41, 5.74) is 4.29. The first kappa shape index (κ1) is 24.7. The van der Waals surface area contributed by atoms with E-state index in [0.717, 1.165) is 30.6 Å². The summed E-state index contributed by atoms with van der Waals surface area (Å²) >= 11 is 1.26. The van der Waals surface area contributed by atoms with Crippen LogP contribution in [0.15, 0.2) is 17.5 Å². The molecule has 2 N–H and O–H groups in total. The minimum Gasteiger partial charge on any atom is -0.479 e. The van der Waals surface area contributed by atoms with Gasteiger partial charge in [-0.2, -0.15) is 15.0 Å². The number of nitrogens with one attached hydrogen (secondary N) is 2. The van der Waals surface area contributed by atoms with Crippen LogP contribution in [-0.4, -0.2) is 41.6 Å². The average Bonchev–Trinajstić information content (AvgIpc) is 3.42. The second-order valence-corrected chi connectivity index (χ2v) is 9.90. The molecule has 2 aromatic heterocycles. The van der Waals surface area contributed by atoms with Gasteiger partial charge in [-0.25, -0.2) is 0 Å². The highest BCUT2D eigenvalue weighted by atomic mass is 32.1. The first-order valence-corrected chi connectivity index (χ1v) is 12.5. The van der Waals surface area contributed by atoms with Crippen molar-refractivity contribution in [1.82, 2.24) is 15.0 Å². The van der Waals surface area contributed by atoms with Crippen molar-refractivity contribution in [3.05, 3.63) is 39.9 Å². The molecule has 0 saturated heterocycles. The molecule has 9 nitrogen and oxygen atoms in total. The highest BCUT2D eigenvalue weighted by Gasteiger charge is 2.31. The Balaban J connectivity index is 1.53. The number of aryl methyl sites for hydroxylation is 2. The number of hydrogen-bond donors (Lipinski definition) is 2. The Kier molecular flexibility index (Phi) is 7.11. The Hall–Kier alpha value is -3.40. The lowest BCUT2D eigenvalue weighted by molar-refractivity contribution is 0.102. The van der Waals surface area contributed by atoms with Crippen molar-refractivity contribution in [3.8, 4) is 22.7 Å². The van der Waals surface area contributed by atoms with Crippen LogP contribution in [0.25, 0.3) is 0 Å². The Morgan fingerprint density at radius 3 is 2.51 bits per heavy atom. The summed E-state index contributed by atoms with van der Waals surface area (Å²) in [6, 6.07) is 4.30. The molecule has 10 heteroatoms. The van der Waals surface area contributed by atoms with Gasteiger partial charge in [0, 0.05) is 11.9 Å². The predicted octanol–water partition coefficient (Wildman–Crippen LogP) is 5.35. The maximum atomic E-state index is 13.0. The molecule has 0 radical (unpaired) electrons. The summed E-state index contributed by atoms with van der Waals surface area (Å²) in [7, 11) is 2.94. The average molecular weight is 498 g/mol. The first-order chi connectivity index (χ1) is 16.7. The molecule has 0 aliphatic heterocycles. The standard InChI is InChI=1S/C25H31N5O4S/c1-7-10-26-23-29-21(32-5)19(22(30-23)33-6)28-20(31)17-13-35-24(27-17)34-18-12-16-15(11-14(18)2)8-9-25(16,3)4/h11-13H,7-10H2,1-6H3,(H,28,31)(H,26,29,30). The zero-order valence-corrected chi connectivity index (χ0v) is 21.8. The van der Waals surface area contributed by atoms with Gasteiger partial charge < -0.3 is 24.8 Å². The van der Waals surface area contributed by atoms with Gasteiger partial charge in [0.15, 0.2) is 5.69 Å². The molecule has 186 valence electrons. The van der Waals surface area contributed by atoms with E-state index < -0.39 is 5.91 Å². The number of aromatic nitrogens is 3. The van der Waals surface area contributed by atoms with E-state index in [4.69, 9.17) is 14.2 Å². The number of fused-ring (bicyclic) bond motifs is 1. The zero-order chi connectivity index (χ0) is 25.2. The normalized spacial score (nSPS) is 13.8. The van der Waals surface area contributed by atoms with Crippen molar-refractivity contribution >= 4 is 28.9 Å². The molecule has 3 aromatic rings. The minimum atomic E-state index is -0.447. The van der Waals surface area contributed by atoms with E-state index in [-0.39, 0.29) is 28.6 Å². The van der Waals surface area contributed by atoms with Gasteiger partial charge >= 0.3 is 0 Å². The van der Waals surface area contributed by atoms with Gasteiger partial charge in [-0.3, -0.25) is 4.79 Å². The fraction of sp³-hybridized carbons (Fsp3) is 0.440. The van der Waals surface area contributed by atoms with Crippen molar-refractivity contribution in [2.24, 2.45) is 0 Å². The van der Waals surface area contributed by atoms with E-state index in [1.54, 1.807) is 5.38 Å². The number of hydrogen-bond acceptors (Lipinski definition) is 9. The Bertz CT molecular complexity index is 1220. The number of benzene rings is 1. The lowest BCUT2D eigenvalue weighted by atomic mass is 9.86. The van der Waals surface area contributed by atoms with E-state index in [2.05, 4.69) is 51.6 Å². The smallest absolute Gasteiger partial charge is 0.279 e. The largest absolute Gasteiger partial charge is 0.479 e. The third kappa shape index (κ3) is 5.17. The summed E-state index contributed by atoms with van der Waals surface area (Å²) in [6.07, 6.45) is 3.11. The number of carbonyl (C=O) groups excluding carboxylic acids is 1. The number of amides is 1. The van der Waals surface area contributed by atoms with Crippen molar-refractivity contribution in [1.29, 1.82) is 0 Å². The molecular weight excluding hydrogens is 466 g/mol. The lowest BCUT2D eigenvalue weighted by Gasteiger charge is -2.20. The first-order valence-electron chi connectivity index (χ1n) is 11.6. The Morgan fingerprint density at radius 1 is 1.14 bits per heavy atom. The fourth-order valence-electron chi connectivity index (χ4n) is 4.10. The van der Waals surface area contributed by atoms with Crippen LogP contribution < -0.4 is 24.8 Å². The number of anilines is 2. The van der Waals surface area contributed by atoms with Gasteiger partial charge in [0.2, 0.25) is 17.7 Å². The van der Waals surface area contributed by atoms with E-state index in [9.17, 15) is 4.79 Å². The number of rotatable bonds is 9. The quantitative estimate of drug-likeness (QED) is 0.407. The molecule has 4 rings (SSSR count). The van der Waals surface area contributed by atoms with Crippen molar-refractivity contribution < 1.29 is 19.0 Å². The fourth-order valence-corrected chi connectivity index (χ4v) is 4.76. The number of carbonyl (C=O) groups is 1. The molecule has 0 saturated carbocycles. The SMILES string of the molecule is CCCNc1nc(OC)c(NC(=O)c2csc(Oc3cc4c(cc3C)CCC4(C)C)n2)c(OC)n1. The van der Waals surface area contributed by atoms with E-state index in [0.29, 0.717) is 17.7 Å². The molecular formula is C25H31N5O4S. The van der Waals surface area contributed by atoms with Gasteiger partial charge in [-0.15, -0.1) is 0 Å². The van der Waals surface area contributed by atoms with Crippen LogP contribution >= 0.6 is 11.3 Å². The zero-order valence-electron chi connectivity index (χ0n) is 20.9. The summed E-state index contributed by atoms with van der Waals surface area (Å²) in [5, 5.41) is 7.89. The number of thiazole rings is 1. The number of ether oxygens (including phenoxy) is 3. The van der Waals surface area contributed by atoms with Crippen LogP contribution in [0.4, 0.5) is 11.6 Å². The van der Waals surface area contributed by atoms with Crippen LogP contribution in [0.1, 0.15) is 60.8 Å². The van der Waals surface area contributed by atoms with Gasteiger partial charge in [0.25, 0.3) is 11.1 Å². The van der Waals surface area contributed by atoms with Crippen LogP contribution in [0.3, 0.4) is 0 Å². The molecule has 0 spiro atoms. The summed E-state index contributed by atoms with van der Waals surface area (Å²) < 4.78 is 16.8. The predicted molar refractivity (Wildman–Crippen MR) is 137 cm³/mol. The van der Waals surface area contributed by atoms with Crippen LogP contribution in [0, 0.1) is 6.92 Å². The summed E-state index contributed by atoms with van der Waals surface area (Å²) in [6.45, 7) is 9.26. The van der Waals surface area contributed by atoms with E-state index in [1.807, 2.05) is 13.8 Å². The van der Waals surface area contributed by atoms with E-state index >= 15 is 0 Å². The second-order valence-electron chi connectivity index (χ2n) is 9.08. The molecule has 1 aliphatic carbocycles. The molecule has 0 atom stereocenters. The van der Waals surface area contributed by atoms with Crippen LogP contribution in [-0.2, 0) is 11.8 Å². The summed E-state index contributed by atoms with van der Waals surface area (Å²) in [5.74, 6) is 1.04. The minimum absolute atomic E-state index is 0.122. The molecule has 35 heavy (non-hydrogen) atoms. The number of methoxy groups -OCH3 is 2. The van der Waals surface area contributed by atoms with Crippen LogP contribution in [0.2, 0.25) is 0 Å². The van der Waals surface area contributed by atoms with Gasteiger partial charge in [-0.05, 0) is 54.4 Å². The highest BCUT2D eigenvalue weighted by Crippen LogP contribution is 2.42. The topological polar surface area (TPSA) is 107 Å². The summed E-state index contributed by atoms with van der Waals surface area (Å²) in [4.78, 5) is 26.0. The van der Waals surface area contributed by atoms with Gasteiger partial charge in [-0.1, -0.05) is 38.2 Å². The maximum Gasteiger partial charge on any atom is 0.279 e. The second kappa shape index (κ2) is 10.1. The van der Waals surface area contributed by atoms with Gasteiger partial charge in [0.1, 0.15) is 11.4 Å². The van der Waals surface area contributed by atoms with Crippen molar-refractivity contribution in [3.63, 3.8) is 0 Å². The van der Waals surface area contributed by atoms with Crippen molar-refractivity contribution in [2.75, 3.05) is 31.4 Å². The monoisotopic (exact) mass is 497 g/mol. The maximum absolute atomic E-state index is 13.0. The molecule has 0 bridgehead atoms. The van der Waals surface area contributed by atoms with Gasteiger partial charge in [0.05, 0.1) is 14.2 Å². The highest BCUT2D eigenvalue weighted by molar-refractivity contribution is 7.11. The van der Waals surface area contributed by atoms with E-state index in [1.165, 1.54) is 36.7 Å². The lowest BCUT2D eigenvalue weighted by Crippen LogP contribution is -2.16. The molecule has 1 aliphatic rings. The number of nitrogens with zero attached hydrogens (tertiary/aromatic N) is 3. The Morgan fingerprint density at radius 2 is 1.86 bits per heavy atom. The third-order valence-corrected chi connectivity index (χ3v) is 6.78. The molecule has 0 fully saturated rings. The van der Waals surface area contributed by atoms with Crippen LogP contribution in [0.5, 0.6) is 22.7 Å².